The highest BCUT2D eigenvalue weighted by molar-refractivity contribution is 6.32. The number of hydrogen-bond acceptors (Lipinski definition) is 4. The second-order valence-electron chi connectivity index (χ2n) is 4.51. The zero-order valence-electron chi connectivity index (χ0n) is 11.4. The molecule has 108 valence electrons. The van der Waals surface area contributed by atoms with Gasteiger partial charge in [0.2, 0.25) is 0 Å². The number of non-ortho nitro benzene ring substituents is 1. The Kier molecular flexibility index (Phi) is 4.23. The summed E-state index contributed by atoms with van der Waals surface area (Å²) < 4.78 is 5.64. The van der Waals surface area contributed by atoms with Gasteiger partial charge in [0, 0.05) is 17.7 Å². The number of aryl methyl sites for hydroxylation is 1. The Balaban J connectivity index is 2.30. The number of hydrogen-bond donors (Lipinski definition) is 0. The molecular formula is C15H12ClNO4. The van der Waals surface area contributed by atoms with Crippen molar-refractivity contribution in [1.82, 2.24) is 0 Å². The molecule has 0 aliphatic rings. The lowest BCUT2D eigenvalue weighted by Gasteiger charge is -2.10. The number of carbonyl (C=O) groups is 1. The summed E-state index contributed by atoms with van der Waals surface area (Å²) in [4.78, 5) is 21.5. The fraction of sp³-hybridized carbons (Fsp3) is 0.133. The van der Waals surface area contributed by atoms with Crippen molar-refractivity contribution in [3.05, 3.63) is 62.7 Å². The molecule has 0 atom stereocenters. The summed E-state index contributed by atoms with van der Waals surface area (Å²) in [6.07, 6.45) is 0. The molecule has 21 heavy (non-hydrogen) atoms. The molecule has 0 aliphatic carbocycles. The predicted octanol–water partition coefficient (Wildman–Crippen LogP) is 4.55. The van der Waals surface area contributed by atoms with Gasteiger partial charge in [0.25, 0.3) is 5.69 Å². The van der Waals surface area contributed by atoms with E-state index in [-0.39, 0.29) is 11.5 Å². The maximum absolute atomic E-state index is 11.3. The minimum Gasteiger partial charge on any atom is -0.456 e. The van der Waals surface area contributed by atoms with Gasteiger partial charge in [-0.3, -0.25) is 14.9 Å². The molecule has 0 saturated carbocycles. The summed E-state index contributed by atoms with van der Waals surface area (Å²) in [7, 11) is 0. The molecular weight excluding hydrogens is 294 g/mol. The fourth-order valence-electron chi connectivity index (χ4n) is 1.78. The van der Waals surface area contributed by atoms with Crippen molar-refractivity contribution in [3.63, 3.8) is 0 Å². The summed E-state index contributed by atoms with van der Waals surface area (Å²) in [6, 6.07) is 9.04. The van der Waals surface area contributed by atoms with Gasteiger partial charge in [0.1, 0.15) is 11.5 Å². The number of carbonyl (C=O) groups excluding carboxylic acids is 1. The first-order chi connectivity index (χ1) is 9.88. The predicted molar refractivity (Wildman–Crippen MR) is 79.4 cm³/mol. The van der Waals surface area contributed by atoms with Crippen LogP contribution in [0.1, 0.15) is 22.8 Å². The SMILES string of the molecule is CC(=O)c1ccc(Oc2ccc([N+](=O)[O-])cc2C)c(Cl)c1. The Hall–Kier alpha value is -2.40. The van der Waals surface area contributed by atoms with Gasteiger partial charge in [-0.05, 0) is 43.7 Å². The Morgan fingerprint density at radius 1 is 1.19 bits per heavy atom. The van der Waals surface area contributed by atoms with Crippen LogP contribution in [-0.2, 0) is 0 Å². The lowest BCUT2D eigenvalue weighted by atomic mass is 10.1. The van der Waals surface area contributed by atoms with Crippen LogP contribution in [-0.4, -0.2) is 10.7 Å². The van der Waals surface area contributed by atoms with Gasteiger partial charge >= 0.3 is 0 Å². The molecule has 0 heterocycles. The van der Waals surface area contributed by atoms with E-state index >= 15 is 0 Å². The molecule has 0 N–H and O–H groups in total. The number of ether oxygens (including phenoxy) is 1. The average Bonchev–Trinajstić information content (AvgIpc) is 2.42. The molecule has 2 aromatic rings. The Labute approximate surface area is 126 Å². The van der Waals surface area contributed by atoms with Crippen molar-refractivity contribution in [2.75, 3.05) is 0 Å². The summed E-state index contributed by atoms with van der Waals surface area (Å²) in [5.41, 5.74) is 1.11. The van der Waals surface area contributed by atoms with E-state index in [1.807, 2.05) is 0 Å². The van der Waals surface area contributed by atoms with Gasteiger partial charge in [-0.1, -0.05) is 11.6 Å². The lowest BCUT2D eigenvalue weighted by Crippen LogP contribution is -1.94. The number of nitro benzene ring substituents is 1. The standard InChI is InChI=1S/C15H12ClNO4/c1-9-7-12(17(19)20)4-6-14(9)21-15-5-3-11(10(2)18)8-13(15)16/h3-8H,1-2H3. The number of benzene rings is 2. The summed E-state index contributed by atoms with van der Waals surface area (Å²) >= 11 is 6.07. The van der Waals surface area contributed by atoms with Crippen molar-refractivity contribution >= 4 is 23.1 Å². The van der Waals surface area contributed by atoms with E-state index < -0.39 is 4.92 Å². The zero-order chi connectivity index (χ0) is 15.6. The second-order valence-corrected chi connectivity index (χ2v) is 4.92. The molecule has 6 heteroatoms. The Bertz CT molecular complexity index is 666. The van der Waals surface area contributed by atoms with Crippen LogP contribution < -0.4 is 4.74 Å². The van der Waals surface area contributed by atoms with Crippen molar-refractivity contribution in [1.29, 1.82) is 0 Å². The lowest BCUT2D eigenvalue weighted by molar-refractivity contribution is -0.384. The van der Waals surface area contributed by atoms with E-state index in [1.54, 1.807) is 19.1 Å². The smallest absolute Gasteiger partial charge is 0.269 e. The molecule has 0 unspecified atom stereocenters. The molecule has 0 aromatic heterocycles. The van der Waals surface area contributed by atoms with E-state index in [2.05, 4.69) is 0 Å². The Morgan fingerprint density at radius 2 is 1.86 bits per heavy atom. The summed E-state index contributed by atoms with van der Waals surface area (Å²) in [6.45, 7) is 3.16. The number of ketones is 1. The van der Waals surface area contributed by atoms with Crippen LogP contribution in [0.15, 0.2) is 36.4 Å². The highest BCUT2D eigenvalue weighted by Gasteiger charge is 2.12. The minimum absolute atomic E-state index is 0.00197. The van der Waals surface area contributed by atoms with E-state index in [9.17, 15) is 14.9 Å². The molecule has 2 aromatic carbocycles. The topological polar surface area (TPSA) is 69.4 Å². The van der Waals surface area contributed by atoms with E-state index in [4.69, 9.17) is 16.3 Å². The maximum atomic E-state index is 11.3. The van der Waals surface area contributed by atoms with Crippen LogP contribution in [0.3, 0.4) is 0 Å². The largest absolute Gasteiger partial charge is 0.456 e. The van der Waals surface area contributed by atoms with Gasteiger partial charge in [-0.15, -0.1) is 0 Å². The highest BCUT2D eigenvalue weighted by Crippen LogP contribution is 2.33. The zero-order valence-corrected chi connectivity index (χ0v) is 12.2. The highest BCUT2D eigenvalue weighted by atomic mass is 35.5. The molecule has 0 amide bonds. The van der Waals surface area contributed by atoms with Gasteiger partial charge < -0.3 is 4.74 Å². The quantitative estimate of drug-likeness (QED) is 0.472. The third kappa shape index (κ3) is 3.38. The number of nitrogens with zero attached hydrogens (tertiary/aromatic N) is 1. The van der Waals surface area contributed by atoms with Gasteiger partial charge in [0.05, 0.1) is 9.95 Å². The monoisotopic (exact) mass is 305 g/mol. The molecule has 5 nitrogen and oxygen atoms in total. The van der Waals surface area contributed by atoms with Crippen molar-refractivity contribution in [2.45, 2.75) is 13.8 Å². The van der Waals surface area contributed by atoms with E-state index in [0.717, 1.165) is 0 Å². The van der Waals surface area contributed by atoms with E-state index in [1.165, 1.54) is 31.2 Å². The van der Waals surface area contributed by atoms with Crippen LogP contribution in [0.5, 0.6) is 11.5 Å². The first-order valence-corrected chi connectivity index (χ1v) is 6.49. The molecule has 0 spiro atoms. The van der Waals surface area contributed by atoms with Crippen LogP contribution >= 0.6 is 11.6 Å². The third-order valence-electron chi connectivity index (χ3n) is 2.93. The van der Waals surface area contributed by atoms with Gasteiger partial charge in [-0.2, -0.15) is 0 Å². The molecule has 0 fully saturated rings. The number of nitro groups is 1. The van der Waals surface area contributed by atoms with Gasteiger partial charge in [-0.25, -0.2) is 0 Å². The fourth-order valence-corrected chi connectivity index (χ4v) is 2.00. The van der Waals surface area contributed by atoms with Crippen molar-refractivity contribution in [3.8, 4) is 11.5 Å². The number of halogens is 1. The van der Waals surface area contributed by atoms with Crippen LogP contribution in [0.2, 0.25) is 5.02 Å². The number of Topliss-reactive ketones (excluding diaryl/α,β-unsaturated/α-hetero) is 1. The maximum Gasteiger partial charge on any atom is 0.269 e. The summed E-state index contributed by atoms with van der Waals surface area (Å²) in [5, 5.41) is 11.0. The minimum atomic E-state index is -0.467. The van der Waals surface area contributed by atoms with Gasteiger partial charge in [0.15, 0.2) is 5.78 Å². The van der Waals surface area contributed by atoms with Crippen molar-refractivity contribution < 1.29 is 14.5 Å². The van der Waals surface area contributed by atoms with Crippen LogP contribution in [0, 0.1) is 17.0 Å². The molecule has 0 aliphatic heterocycles. The Morgan fingerprint density at radius 3 is 2.38 bits per heavy atom. The van der Waals surface area contributed by atoms with Crippen molar-refractivity contribution in [2.24, 2.45) is 0 Å². The molecule has 0 saturated heterocycles. The first kappa shape index (κ1) is 15.0. The molecule has 2 rings (SSSR count). The number of rotatable bonds is 4. The van der Waals surface area contributed by atoms with Crippen LogP contribution in [0.25, 0.3) is 0 Å². The second kappa shape index (κ2) is 5.93. The normalized spacial score (nSPS) is 10.2. The molecule has 0 bridgehead atoms. The molecule has 0 radical (unpaired) electrons. The first-order valence-electron chi connectivity index (χ1n) is 6.12. The van der Waals surface area contributed by atoms with Crippen LogP contribution in [0.4, 0.5) is 5.69 Å². The van der Waals surface area contributed by atoms with E-state index in [0.29, 0.717) is 27.6 Å². The third-order valence-corrected chi connectivity index (χ3v) is 3.22. The summed E-state index contributed by atoms with van der Waals surface area (Å²) in [5.74, 6) is 0.770. The average molecular weight is 306 g/mol.